The summed E-state index contributed by atoms with van der Waals surface area (Å²) in [6, 6.07) is 6.22. The van der Waals surface area contributed by atoms with Crippen molar-refractivity contribution >= 4 is 40.3 Å². The second-order valence-electron chi connectivity index (χ2n) is 7.73. The fourth-order valence-electron chi connectivity index (χ4n) is 4.09. The first-order valence-electron chi connectivity index (χ1n) is 9.81. The molecule has 1 aromatic carbocycles. The Morgan fingerprint density at radius 1 is 1.22 bits per heavy atom. The molecular weight excluding hydrogens is 449 g/mol. The summed E-state index contributed by atoms with van der Waals surface area (Å²) in [6.07, 6.45) is -2.92. The molecule has 2 aromatic heterocycles. The fourth-order valence-corrected chi connectivity index (χ4v) is 4.35. The van der Waals surface area contributed by atoms with Gasteiger partial charge in [0.1, 0.15) is 5.52 Å². The average molecular weight is 467 g/mol. The van der Waals surface area contributed by atoms with Crippen molar-refractivity contribution < 1.29 is 27.9 Å². The molecule has 32 heavy (non-hydrogen) atoms. The molecule has 0 bridgehead atoms. The summed E-state index contributed by atoms with van der Waals surface area (Å²) in [7, 11) is 0. The zero-order valence-electron chi connectivity index (χ0n) is 16.8. The smallest absolute Gasteiger partial charge is 0.417 e. The zero-order valence-corrected chi connectivity index (χ0v) is 17.6. The van der Waals surface area contributed by atoms with Crippen molar-refractivity contribution in [3.8, 4) is 0 Å². The minimum atomic E-state index is -4.78. The lowest BCUT2D eigenvalue weighted by Crippen LogP contribution is -2.42. The van der Waals surface area contributed by atoms with E-state index >= 15 is 0 Å². The summed E-state index contributed by atoms with van der Waals surface area (Å²) in [5, 5.41) is 13.3. The molecule has 2 atom stereocenters. The molecule has 11 heteroatoms. The Morgan fingerprint density at radius 3 is 2.62 bits per heavy atom. The van der Waals surface area contributed by atoms with E-state index < -0.39 is 35.1 Å². The first kappa shape index (κ1) is 22.1. The quantitative estimate of drug-likeness (QED) is 0.618. The van der Waals surface area contributed by atoms with E-state index in [0.717, 1.165) is 16.8 Å². The number of carbonyl (C=O) groups excluding carboxylic acids is 1. The van der Waals surface area contributed by atoms with E-state index in [0.29, 0.717) is 30.8 Å². The third-order valence-corrected chi connectivity index (χ3v) is 5.98. The Labute approximate surface area is 185 Å². The van der Waals surface area contributed by atoms with Crippen LogP contribution in [0, 0.1) is 11.8 Å². The molecular formula is C21H18ClF3N4O3. The molecule has 4 rings (SSSR count). The largest absolute Gasteiger partial charge is 0.481 e. The van der Waals surface area contributed by atoms with Gasteiger partial charge in [-0.05, 0) is 36.6 Å². The normalized spacial score (nSPS) is 19.3. The number of halogens is 4. The number of anilines is 1. The van der Waals surface area contributed by atoms with Crippen LogP contribution in [0.4, 0.5) is 19.0 Å². The summed E-state index contributed by atoms with van der Waals surface area (Å²) >= 11 is 6.01. The highest BCUT2D eigenvalue weighted by molar-refractivity contribution is 6.34. The zero-order chi connectivity index (χ0) is 23.2. The van der Waals surface area contributed by atoms with Gasteiger partial charge in [0.05, 0.1) is 27.6 Å². The van der Waals surface area contributed by atoms with Gasteiger partial charge >= 0.3 is 12.1 Å². The van der Waals surface area contributed by atoms with Crippen LogP contribution in [0.5, 0.6) is 0 Å². The van der Waals surface area contributed by atoms with Crippen molar-refractivity contribution in [3.63, 3.8) is 0 Å². The summed E-state index contributed by atoms with van der Waals surface area (Å²) in [5.74, 6) is -2.29. The summed E-state index contributed by atoms with van der Waals surface area (Å²) in [4.78, 5) is 30.7. The Hall–Kier alpha value is -3.14. The van der Waals surface area contributed by atoms with E-state index in [2.05, 4.69) is 10.1 Å². The number of fused-ring (bicyclic) bond motifs is 1. The number of alkyl halides is 3. The Balaban J connectivity index is 1.80. The maximum Gasteiger partial charge on any atom is 0.417 e. The molecule has 1 aliphatic rings. The van der Waals surface area contributed by atoms with Crippen LogP contribution < -0.4 is 4.90 Å². The molecule has 1 N–H and O–H groups in total. The Kier molecular flexibility index (Phi) is 5.58. The van der Waals surface area contributed by atoms with E-state index in [4.69, 9.17) is 11.6 Å². The summed E-state index contributed by atoms with van der Waals surface area (Å²) < 4.78 is 41.5. The third-order valence-electron chi connectivity index (χ3n) is 5.67. The predicted molar refractivity (Wildman–Crippen MR) is 111 cm³/mol. The van der Waals surface area contributed by atoms with Crippen LogP contribution in [-0.4, -0.2) is 44.8 Å². The van der Waals surface area contributed by atoms with Crippen molar-refractivity contribution in [3.05, 3.63) is 52.7 Å². The van der Waals surface area contributed by atoms with Crippen LogP contribution >= 0.6 is 11.6 Å². The molecule has 3 aromatic rings. The molecule has 0 spiro atoms. The van der Waals surface area contributed by atoms with Gasteiger partial charge in [-0.15, -0.1) is 5.10 Å². The number of benzene rings is 1. The first-order valence-corrected chi connectivity index (χ1v) is 10.2. The maximum absolute atomic E-state index is 13.6. The van der Waals surface area contributed by atoms with Crippen molar-refractivity contribution in [1.82, 2.24) is 14.8 Å². The number of carbonyl (C=O) groups is 2. The third kappa shape index (κ3) is 3.79. The monoisotopic (exact) mass is 466 g/mol. The van der Waals surface area contributed by atoms with Gasteiger partial charge in [0.2, 0.25) is 0 Å². The standard InChI is InChI=1S/C21H18ClF3N4O3/c1-11-10-28(9-7-12(11)20(31)32)18-17-15(6-3-8-26-17)29(27-18)19(30)16-13(21(23,24)25)4-2-5-14(16)22/h2-6,8,11-12H,7,9-10H2,1H3,(H,31,32)/t11-,12-/m0/s1. The minimum absolute atomic E-state index is 0.193. The number of pyridine rings is 1. The number of piperidine rings is 1. The van der Waals surface area contributed by atoms with Gasteiger partial charge in [-0.25, -0.2) is 0 Å². The number of aromatic nitrogens is 3. The number of aliphatic carboxylic acids is 1. The van der Waals surface area contributed by atoms with Crippen LogP contribution in [0.3, 0.4) is 0 Å². The van der Waals surface area contributed by atoms with E-state index in [1.807, 2.05) is 6.92 Å². The molecule has 1 aliphatic heterocycles. The second kappa shape index (κ2) is 8.09. The molecule has 0 aliphatic carbocycles. The molecule has 1 saturated heterocycles. The molecule has 0 unspecified atom stereocenters. The number of carboxylic acid groups (broad SMARTS) is 1. The Bertz CT molecular complexity index is 1210. The van der Waals surface area contributed by atoms with Crippen molar-refractivity contribution in [2.75, 3.05) is 18.0 Å². The SMILES string of the molecule is C[C@H]1CN(c2nn(C(=O)c3c(Cl)cccc3C(F)(F)F)c3cccnc23)CC[C@@H]1C(=O)O. The lowest BCUT2D eigenvalue weighted by Gasteiger charge is -2.35. The first-order chi connectivity index (χ1) is 15.1. The van der Waals surface area contributed by atoms with E-state index in [9.17, 15) is 27.9 Å². The Morgan fingerprint density at radius 2 is 1.97 bits per heavy atom. The number of rotatable bonds is 3. The highest BCUT2D eigenvalue weighted by atomic mass is 35.5. The van der Waals surface area contributed by atoms with Crippen LogP contribution in [0.2, 0.25) is 5.02 Å². The summed E-state index contributed by atoms with van der Waals surface area (Å²) in [5.41, 5.74) is -1.28. The lowest BCUT2D eigenvalue weighted by molar-refractivity contribution is -0.144. The second-order valence-corrected chi connectivity index (χ2v) is 8.14. The van der Waals surface area contributed by atoms with Crippen LogP contribution in [0.15, 0.2) is 36.5 Å². The van der Waals surface area contributed by atoms with Crippen LogP contribution in [0.1, 0.15) is 29.3 Å². The molecule has 3 heterocycles. The topological polar surface area (TPSA) is 88.3 Å². The fraction of sp³-hybridized carbons (Fsp3) is 0.333. The molecule has 7 nitrogen and oxygen atoms in total. The van der Waals surface area contributed by atoms with Gasteiger partial charge in [0.25, 0.3) is 5.91 Å². The summed E-state index contributed by atoms with van der Waals surface area (Å²) in [6.45, 7) is 2.52. The van der Waals surface area contributed by atoms with Gasteiger partial charge in [0.15, 0.2) is 5.82 Å². The molecule has 1 fully saturated rings. The van der Waals surface area contributed by atoms with Crippen molar-refractivity contribution in [2.24, 2.45) is 11.8 Å². The van der Waals surface area contributed by atoms with Gasteiger partial charge in [-0.1, -0.05) is 24.6 Å². The van der Waals surface area contributed by atoms with Gasteiger partial charge in [-0.2, -0.15) is 17.9 Å². The van der Waals surface area contributed by atoms with E-state index in [1.165, 1.54) is 18.3 Å². The molecule has 0 amide bonds. The maximum atomic E-state index is 13.6. The lowest BCUT2D eigenvalue weighted by atomic mass is 9.87. The average Bonchev–Trinajstić information content (AvgIpc) is 3.12. The number of nitrogens with zero attached hydrogens (tertiary/aromatic N) is 4. The molecule has 0 radical (unpaired) electrons. The highest BCUT2D eigenvalue weighted by Crippen LogP contribution is 2.37. The van der Waals surface area contributed by atoms with Crippen LogP contribution in [0.25, 0.3) is 11.0 Å². The predicted octanol–water partition coefficient (Wildman–Crippen LogP) is 4.34. The van der Waals surface area contributed by atoms with E-state index in [-0.39, 0.29) is 16.5 Å². The minimum Gasteiger partial charge on any atom is -0.481 e. The molecule has 168 valence electrons. The number of carboxylic acids is 1. The number of hydrogen-bond acceptors (Lipinski definition) is 5. The van der Waals surface area contributed by atoms with E-state index in [1.54, 1.807) is 11.0 Å². The van der Waals surface area contributed by atoms with Gasteiger partial charge < -0.3 is 10.0 Å². The van der Waals surface area contributed by atoms with Gasteiger partial charge in [-0.3, -0.25) is 14.6 Å². The van der Waals surface area contributed by atoms with Crippen LogP contribution in [-0.2, 0) is 11.0 Å². The van der Waals surface area contributed by atoms with Gasteiger partial charge in [0, 0.05) is 19.3 Å². The number of hydrogen-bond donors (Lipinski definition) is 1. The highest BCUT2D eigenvalue weighted by Gasteiger charge is 2.38. The van der Waals surface area contributed by atoms with Crippen molar-refractivity contribution in [1.29, 1.82) is 0 Å². The molecule has 0 saturated carbocycles. The van der Waals surface area contributed by atoms with Crippen molar-refractivity contribution in [2.45, 2.75) is 19.5 Å².